The third-order valence-electron chi connectivity index (χ3n) is 1.05. The van der Waals surface area contributed by atoms with E-state index >= 15 is 0 Å². The van der Waals surface area contributed by atoms with E-state index < -0.39 is 5.97 Å². The molecule has 0 heterocycles. The van der Waals surface area contributed by atoms with Crippen molar-refractivity contribution in [3.8, 4) is 0 Å². The van der Waals surface area contributed by atoms with Crippen molar-refractivity contribution in [1.29, 1.82) is 0 Å². The molecule has 0 amide bonds. The van der Waals surface area contributed by atoms with Gasteiger partial charge in [0.15, 0.2) is 5.05 Å². The molecule has 0 fully saturated rings. The Morgan fingerprint density at radius 1 is 1.50 bits per heavy atom. The molecule has 0 rings (SSSR count). The summed E-state index contributed by atoms with van der Waals surface area (Å²) in [6, 6.07) is 0. The lowest BCUT2D eigenvalue weighted by molar-refractivity contribution is -0.138. The number of hydrogen-bond acceptors (Lipinski definition) is 4. The van der Waals surface area contributed by atoms with Gasteiger partial charge in [0.1, 0.15) is 13.2 Å². The monoisotopic (exact) mass is 188 g/mol. The molecule has 0 aliphatic heterocycles. The number of carbonyl (C=O) groups is 1. The van der Waals surface area contributed by atoms with Crippen LogP contribution in [0.1, 0.15) is 13.3 Å². The summed E-state index contributed by atoms with van der Waals surface area (Å²) in [7, 11) is 0. The van der Waals surface area contributed by atoms with Gasteiger partial charge in [-0.3, -0.25) is 0 Å². The molecule has 0 aliphatic rings. The van der Waals surface area contributed by atoms with Crippen molar-refractivity contribution in [2.24, 2.45) is 0 Å². The van der Waals surface area contributed by atoms with Crippen molar-refractivity contribution in [3.05, 3.63) is 12.7 Å². The van der Waals surface area contributed by atoms with E-state index in [4.69, 9.17) is 17.0 Å². The van der Waals surface area contributed by atoms with Crippen LogP contribution in [0.2, 0.25) is 0 Å². The maximum atomic E-state index is 10.5. The highest BCUT2D eigenvalue weighted by Gasteiger charge is 1.96. The molecule has 0 N–H and O–H groups in total. The molecule has 4 heteroatoms. The van der Waals surface area contributed by atoms with Gasteiger partial charge in [-0.25, -0.2) is 4.79 Å². The average molecular weight is 188 g/mol. The van der Waals surface area contributed by atoms with Crippen LogP contribution in [0, 0.1) is 0 Å². The van der Waals surface area contributed by atoms with Gasteiger partial charge in [-0.2, -0.15) is 0 Å². The molecular formula is C8H12O3S. The van der Waals surface area contributed by atoms with Crippen molar-refractivity contribution >= 4 is 23.2 Å². The Morgan fingerprint density at radius 3 is 2.58 bits per heavy atom. The van der Waals surface area contributed by atoms with Crippen LogP contribution < -0.4 is 0 Å². The maximum Gasteiger partial charge on any atom is 0.330 e. The lowest BCUT2D eigenvalue weighted by Gasteiger charge is -2.04. The zero-order valence-corrected chi connectivity index (χ0v) is 7.86. The van der Waals surface area contributed by atoms with Gasteiger partial charge in [0, 0.05) is 12.5 Å². The second-order valence-corrected chi connectivity index (χ2v) is 2.40. The third-order valence-corrected chi connectivity index (χ3v) is 1.45. The second-order valence-electron chi connectivity index (χ2n) is 1.95. The molecule has 0 aromatic rings. The first kappa shape index (κ1) is 11.1. The van der Waals surface area contributed by atoms with Crippen molar-refractivity contribution in [2.75, 3.05) is 13.2 Å². The molecule has 0 atom stereocenters. The van der Waals surface area contributed by atoms with Gasteiger partial charge in [-0.05, 0) is 12.2 Å². The van der Waals surface area contributed by atoms with E-state index in [2.05, 4.69) is 11.3 Å². The Balaban J connectivity index is 3.27. The standard InChI is InChI=1S/C8H12O3S/c1-3-7(9)10-5-6-11-8(12)4-2/h3H,1,4-6H2,2H3. The van der Waals surface area contributed by atoms with Gasteiger partial charge in [0.25, 0.3) is 0 Å². The molecule has 12 heavy (non-hydrogen) atoms. The number of carbonyl (C=O) groups excluding carboxylic acids is 1. The normalized spacial score (nSPS) is 8.75. The average Bonchev–Trinajstić information content (AvgIpc) is 2.11. The van der Waals surface area contributed by atoms with Crippen LogP contribution >= 0.6 is 12.2 Å². The van der Waals surface area contributed by atoms with Crippen LogP contribution in [0.15, 0.2) is 12.7 Å². The van der Waals surface area contributed by atoms with Crippen molar-refractivity contribution in [3.63, 3.8) is 0 Å². The van der Waals surface area contributed by atoms with E-state index in [1.54, 1.807) is 0 Å². The molecule has 0 saturated carbocycles. The van der Waals surface area contributed by atoms with E-state index in [-0.39, 0.29) is 6.61 Å². The molecule has 0 spiro atoms. The number of ether oxygens (including phenoxy) is 2. The zero-order chi connectivity index (χ0) is 9.40. The fourth-order valence-corrected chi connectivity index (χ4v) is 0.542. The van der Waals surface area contributed by atoms with Crippen molar-refractivity contribution < 1.29 is 14.3 Å². The number of esters is 1. The number of thiocarbonyl (C=S) groups is 1. The van der Waals surface area contributed by atoms with E-state index in [0.717, 1.165) is 6.08 Å². The van der Waals surface area contributed by atoms with E-state index in [0.29, 0.717) is 18.1 Å². The SMILES string of the molecule is C=CC(=O)OCCOC(=S)CC. The minimum Gasteiger partial charge on any atom is -0.484 e. The third kappa shape index (κ3) is 5.85. The summed E-state index contributed by atoms with van der Waals surface area (Å²) in [5.74, 6) is -0.444. The molecular weight excluding hydrogens is 176 g/mol. The van der Waals surface area contributed by atoms with Crippen LogP contribution in [-0.2, 0) is 14.3 Å². The minimum atomic E-state index is -0.444. The van der Waals surface area contributed by atoms with Gasteiger partial charge < -0.3 is 9.47 Å². The highest BCUT2D eigenvalue weighted by Crippen LogP contribution is 1.88. The van der Waals surface area contributed by atoms with Gasteiger partial charge in [-0.1, -0.05) is 13.5 Å². The predicted molar refractivity (Wildman–Crippen MR) is 50.0 cm³/mol. The molecule has 0 aliphatic carbocycles. The molecule has 0 unspecified atom stereocenters. The topological polar surface area (TPSA) is 35.5 Å². The quantitative estimate of drug-likeness (QED) is 0.283. The van der Waals surface area contributed by atoms with E-state index in [1.165, 1.54) is 0 Å². The summed E-state index contributed by atoms with van der Waals surface area (Å²) in [4.78, 5) is 10.5. The van der Waals surface area contributed by atoms with Gasteiger partial charge in [0.2, 0.25) is 0 Å². The van der Waals surface area contributed by atoms with Gasteiger partial charge in [0.05, 0.1) is 0 Å². The Bertz CT molecular complexity index is 177. The smallest absolute Gasteiger partial charge is 0.330 e. The molecule has 0 aromatic heterocycles. The summed E-state index contributed by atoms with van der Waals surface area (Å²) in [5.41, 5.74) is 0. The minimum absolute atomic E-state index is 0.213. The summed E-state index contributed by atoms with van der Waals surface area (Å²) in [6.45, 7) is 5.68. The van der Waals surface area contributed by atoms with Crippen LogP contribution in [0.25, 0.3) is 0 Å². The van der Waals surface area contributed by atoms with E-state index in [1.807, 2.05) is 6.92 Å². The maximum absolute atomic E-state index is 10.5. The fraction of sp³-hybridized carbons (Fsp3) is 0.500. The van der Waals surface area contributed by atoms with Crippen molar-refractivity contribution in [2.45, 2.75) is 13.3 Å². The highest BCUT2D eigenvalue weighted by atomic mass is 32.1. The van der Waals surface area contributed by atoms with Crippen LogP contribution in [0.4, 0.5) is 0 Å². The highest BCUT2D eigenvalue weighted by molar-refractivity contribution is 7.80. The molecule has 3 nitrogen and oxygen atoms in total. The molecule has 68 valence electrons. The van der Waals surface area contributed by atoms with Crippen LogP contribution in [0.3, 0.4) is 0 Å². The Labute approximate surface area is 77.4 Å². The molecule has 0 saturated heterocycles. The first-order valence-corrected chi connectivity index (χ1v) is 4.06. The van der Waals surface area contributed by atoms with Crippen molar-refractivity contribution in [1.82, 2.24) is 0 Å². The molecule has 0 aromatic carbocycles. The Morgan fingerprint density at radius 2 is 2.08 bits per heavy atom. The Kier molecular flexibility index (Phi) is 6.28. The number of rotatable bonds is 5. The van der Waals surface area contributed by atoms with E-state index in [9.17, 15) is 4.79 Å². The summed E-state index contributed by atoms with van der Waals surface area (Å²) < 4.78 is 9.65. The van der Waals surface area contributed by atoms with Gasteiger partial charge >= 0.3 is 5.97 Å². The van der Waals surface area contributed by atoms with Gasteiger partial charge in [-0.15, -0.1) is 0 Å². The molecule has 0 radical (unpaired) electrons. The Hall–Kier alpha value is -0.900. The zero-order valence-electron chi connectivity index (χ0n) is 7.04. The lowest BCUT2D eigenvalue weighted by atomic mass is 10.5. The lowest BCUT2D eigenvalue weighted by Crippen LogP contribution is -2.10. The first-order valence-electron chi connectivity index (χ1n) is 3.65. The second kappa shape index (κ2) is 6.79. The van der Waals surface area contributed by atoms with Crippen LogP contribution in [-0.4, -0.2) is 24.2 Å². The molecule has 0 bridgehead atoms. The van der Waals surface area contributed by atoms with Crippen LogP contribution in [0.5, 0.6) is 0 Å². The summed E-state index contributed by atoms with van der Waals surface area (Å²) >= 11 is 4.78. The fourth-order valence-electron chi connectivity index (χ4n) is 0.459. The predicted octanol–water partition coefficient (Wildman–Crippen LogP) is 1.47. The summed E-state index contributed by atoms with van der Waals surface area (Å²) in [5, 5.41) is 0.532. The number of hydrogen-bond donors (Lipinski definition) is 0. The largest absolute Gasteiger partial charge is 0.484 e. The first-order chi connectivity index (χ1) is 5.70. The summed E-state index contributed by atoms with van der Waals surface area (Å²) in [6.07, 6.45) is 1.81.